The number of carbonyl (C=O) groups is 1. The average molecular weight is 270 g/mol. The lowest BCUT2D eigenvalue weighted by molar-refractivity contribution is 0.00366. The zero-order valence-electron chi connectivity index (χ0n) is 11.5. The fraction of sp³-hybridized carbons (Fsp3) is 0.312. The molecular formula is C16H18N2O2. The smallest absolute Gasteiger partial charge is 0.256 e. The normalized spacial score (nSPS) is 19.2. The molecule has 104 valence electrons. The second kappa shape index (κ2) is 5.13. The first-order valence-corrected chi connectivity index (χ1v) is 6.84. The van der Waals surface area contributed by atoms with Crippen LogP contribution in [-0.4, -0.2) is 36.6 Å². The maximum absolute atomic E-state index is 12.7. The first kappa shape index (κ1) is 12.9. The van der Waals surface area contributed by atoms with Crippen molar-refractivity contribution < 1.29 is 9.53 Å². The van der Waals surface area contributed by atoms with Gasteiger partial charge >= 0.3 is 0 Å². The van der Waals surface area contributed by atoms with E-state index in [1.807, 2.05) is 48.2 Å². The molecule has 1 fully saturated rings. The molecule has 0 saturated carbocycles. The Morgan fingerprint density at radius 2 is 2.00 bits per heavy atom. The number of fused-ring (bicyclic) bond motifs is 1. The van der Waals surface area contributed by atoms with Crippen molar-refractivity contribution in [2.75, 3.05) is 25.5 Å². The van der Waals surface area contributed by atoms with Crippen LogP contribution >= 0.6 is 0 Å². The van der Waals surface area contributed by atoms with Gasteiger partial charge in [-0.3, -0.25) is 4.79 Å². The molecule has 0 bridgehead atoms. The third-order valence-electron chi connectivity index (χ3n) is 3.78. The molecule has 0 spiro atoms. The lowest BCUT2D eigenvalue weighted by Crippen LogP contribution is -2.47. The molecule has 2 aromatic rings. The van der Waals surface area contributed by atoms with Crippen molar-refractivity contribution in [3.8, 4) is 0 Å². The minimum atomic E-state index is -0.0101. The van der Waals surface area contributed by atoms with Gasteiger partial charge in [-0.05, 0) is 29.8 Å². The molecule has 0 unspecified atom stereocenters. The molecule has 0 aromatic heterocycles. The highest BCUT2D eigenvalue weighted by atomic mass is 16.5. The van der Waals surface area contributed by atoms with E-state index in [2.05, 4.69) is 0 Å². The Morgan fingerprint density at radius 3 is 2.70 bits per heavy atom. The molecule has 1 amide bonds. The number of hydrogen-bond donors (Lipinski definition) is 1. The summed E-state index contributed by atoms with van der Waals surface area (Å²) in [6, 6.07) is 11.8. The third kappa shape index (κ3) is 2.23. The van der Waals surface area contributed by atoms with Crippen LogP contribution in [0.1, 0.15) is 17.3 Å². The lowest BCUT2D eigenvalue weighted by atomic mass is 10.0. The highest BCUT2D eigenvalue weighted by Gasteiger charge is 2.26. The van der Waals surface area contributed by atoms with Crippen LogP contribution in [-0.2, 0) is 4.74 Å². The molecule has 1 saturated heterocycles. The van der Waals surface area contributed by atoms with Crippen LogP contribution in [0.25, 0.3) is 10.8 Å². The van der Waals surface area contributed by atoms with E-state index < -0.39 is 0 Å². The van der Waals surface area contributed by atoms with Crippen LogP contribution in [0, 0.1) is 0 Å². The highest BCUT2D eigenvalue weighted by molar-refractivity contribution is 6.04. The number of morpholine rings is 1. The Labute approximate surface area is 118 Å². The number of nitrogens with zero attached hydrogens (tertiary/aromatic N) is 1. The van der Waals surface area contributed by atoms with E-state index in [0.29, 0.717) is 31.0 Å². The summed E-state index contributed by atoms with van der Waals surface area (Å²) in [6.45, 7) is 3.78. The number of hydrogen-bond acceptors (Lipinski definition) is 3. The Hall–Kier alpha value is -2.07. The van der Waals surface area contributed by atoms with E-state index in [-0.39, 0.29) is 11.9 Å². The first-order chi connectivity index (χ1) is 9.66. The number of nitrogens with two attached hydrogens (primary N) is 1. The quantitative estimate of drug-likeness (QED) is 0.809. The third-order valence-corrected chi connectivity index (χ3v) is 3.78. The summed E-state index contributed by atoms with van der Waals surface area (Å²) in [5, 5.41) is 2.09. The van der Waals surface area contributed by atoms with Gasteiger partial charge < -0.3 is 15.4 Å². The predicted molar refractivity (Wildman–Crippen MR) is 79.7 cm³/mol. The molecule has 20 heavy (non-hydrogen) atoms. The number of ether oxygens (including phenoxy) is 1. The van der Waals surface area contributed by atoms with Crippen molar-refractivity contribution in [3.63, 3.8) is 0 Å². The van der Waals surface area contributed by atoms with Gasteiger partial charge in [0.1, 0.15) is 0 Å². The number of carbonyl (C=O) groups excluding carboxylic acids is 1. The summed E-state index contributed by atoms with van der Waals surface area (Å²) < 4.78 is 5.37. The van der Waals surface area contributed by atoms with Crippen LogP contribution in [0.4, 0.5) is 5.69 Å². The number of anilines is 1. The molecule has 1 aliphatic heterocycles. The molecular weight excluding hydrogens is 252 g/mol. The largest absolute Gasteiger partial charge is 0.398 e. The minimum Gasteiger partial charge on any atom is -0.398 e. The van der Waals surface area contributed by atoms with E-state index in [1.54, 1.807) is 0 Å². The van der Waals surface area contributed by atoms with Gasteiger partial charge in [0.15, 0.2) is 0 Å². The maximum Gasteiger partial charge on any atom is 0.256 e. The zero-order valence-corrected chi connectivity index (χ0v) is 11.5. The second-order valence-electron chi connectivity index (χ2n) is 5.21. The van der Waals surface area contributed by atoms with Crippen molar-refractivity contribution in [2.24, 2.45) is 0 Å². The minimum absolute atomic E-state index is 0.0101. The summed E-state index contributed by atoms with van der Waals surface area (Å²) in [5.74, 6) is -0.0101. The van der Waals surface area contributed by atoms with Gasteiger partial charge in [0.25, 0.3) is 5.91 Å². The maximum atomic E-state index is 12.7. The molecule has 4 heteroatoms. The number of rotatable bonds is 1. The van der Waals surface area contributed by atoms with Gasteiger partial charge in [-0.15, -0.1) is 0 Å². The van der Waals surface area contributed by atoms with Crippen molar-refractivity contribution in [1.29, 1.82) is 0 Å². The molecule has 3 rings (SSSR count). The van der Waals surface area contributed by atoms with Crippen LogP contribution in [0.15, 0.2) is 36.4 Å². The lowest BCUT2D eigenvalue weighted by Gasteiger charge is -2.33. The fourth-order valence-electron chi connectivity index (χ4n) is 2.63. The predicted octanol–water partition coefficient (Wildman–Crippen LogP) is 2.28. The van der Waals surface area contributed by atoms with E-state index in [4.69, 9.17) is 10.5 Å². The van der Waals surface area contributed by atoms with Crippen LogP contribution in [0.5, 0.6) is 0 Å². The van der Waals surface area contributed by atoms with Gasteiger partial charge in [-0.1, -0.05) is 24.3 Å². The summed E-state index contributed by atoms with van der Waals surface area (Å²) in [5.41, 5.74) is 7.18. The summed E-state index contributed by atoms with van der Waals surface area (Å²) in [4.78, 5) is 14.5. The highest BCUT2D eigenvalue weighted by Crippen LogP contribution is 2.24. The topological polar surface area (TPSA) is 55.6 Å². The molecule has 2 aromatic carbocycles. The number of nitrogen functional groups attached to an aromatic ring is 1. The van der Waals surface area contributed by atoms with Crippen LogP contribution < -0.4 is 5.73 Å². The molecule has 4 nitrogen and oxygen atoms in total. The number of amides is 1. The number of benzene rings is 2. The van der Waals surface area contributed by atoms with E-state index in [1.165, 1.54) is 0 Å². The van der Waals surface area contributed by atoms with Gasteiger partial charge in [0.05, 0.1) is 24.8 Å². The van der Waals surface area contributed by atoms with Gasteiger partial charge in [0.2, 0.25) is 0 Å². The zero-order chi connectivity index (χ0) is 14.1. The Kier molecular flexibility index (Phi) is 3.32. The summed E-state index contributed by atoms with van der Waals surface area (Å²) in [6.07, 6.45) is 0. The van der Waals surface area contributed by atoms with E-state index >= 15 is 0 Å². The second-order valence-corrected chi connectivity index (χ2v) is 5.21. The Balaban J connectivity index is 2.00. The molecule has 2 N–H and O–H groups in total. The summed E-state index contributed by atoms with van der Waals surface area (Å²) >= 11 is 0. The summed E-state index contributed by atoms with van der Waals surface area (Å²) in [7, 11) is 0. The van der Waals surface area contributed by atoms with Gasteiger partial charge in [-0.2, -0.15) is 0 Å². The molecule has 1 aliphatic rings. The Morgan fingerprint density at radius 1 is 1.30 bits per heavy atom. The molecule has 0 aliphatic carbocycles. The SMILES string of the molecule is C[C@@H]1COCCN1C(=O)c1cc2ccccc2cc1N. The van der Waals surface area contributed by atoms with E-state index in [0.717, 1.165) is 10.8 Å². The van der Waals surface area contributed by atoms with Crippen molar-refractivity contribution in [1.82, 2.24) is 4.90 Å². The van der Waals surface area contributed by atoms with Crippen LogP contribution in [0.3, 0.4) is 0 Å². The molecule has 0 radical (unpaired) electrons. The first-order valence-electron chi connectivity index (χ1n) is 6.84. The van der Waals surface area contributed by atoms with Crippen molar-refractivity contribution in [2.45, 2.75) is 13.0 Å². The van der Waals surface area contributed by atoms with Gasteiger partial charge in [0, 0.05) is 12.2 Å². The average Bonchev–Trinajstić information content (AvgIpc) is 2.46. The monoisotopic (exact) mass is 270 g/mol. The van der Waals surface area contributed by atoms with Gasteiger partial charge in [-0.25, -0.2) is 0 Å². The molecule has 1 heterocycles. The van der Waals surface area contributed by atoms with Crippen LogP contribution in [0.2, 0.25) is 0 Å². The Bertz CT molecular complexity index is 654. The van der Waals surface area contributed by atoms with E-state index in [9.17, 15) is 4.79 Å². The van der Waals surface area contributed by atoms with Crippen molar-refractivity contribution in [3.05, 3.63) is 42.0 Å². The fourth-order valence-corrected chi connectivity index (χ4v) is 2.63. The van der Waals surface area contributed by atoms with Crippen molar-refractivity contribution >= 4 is 22.4 Å². The molecule has 1 atom stereocenters. The standard InChI is InChI=1S/C16H18N2O2/c1-11-10-20-7-6-18(11)16(19)14-8-12-4-2-3-5-13(12)9-15(14)17/h2-5,8-9,11H,6-7,10,17H2,1H3/t11-/m1/s1.